The summed E-state index contributed by atoms with van der Waals surface area (Å²) < 4.78 is 43.7. The Balaban J connectivity index is 1.95. The molecule has 1 aromatic rings. The van der Waals surface area contributed by atoms with Gasteiger partial charge in [-0.15, -0.1) is 0 Å². The van der Waals surface area contributed by atoms with Crippen molar-refractivity contribution in [2.75, 3.05) is 25.1 Å². The summed E-state index contributed by atoms with van der Waals surface area (Å²) in [6.07, 6.45) is -4.51. The van der Waals surface area contributed by atoms with Crippen LogP contribution in [0, 0.1) is 0 Å². The number of ketones is 1. The van der Waals surface area contributed by atoms with Crippen LogP contribution >= 0.6 is 0 Å². The lowest BCUT2D eigenvalue weighted by Crippen LogP contribution is -2.52. The van der Waals surface area contributed by atoms with Gasteiger partial charge >= 0.3 is 12.1 Å². The minimum atomic E-state index is -5.03. The van der Waals surface area contributed by atoms with E-state index in [9.17, 15) is 27.6 Å². The van der Waals surface area contributed by atoms with Crippen LogP contribution in [0.25, 0.3) is 0 Å². The molecule has 26 heavy (non-hydrogen) atoms. The van der Waals surface area contributed by atoms with Gasteiger partial charge in [-0.2, -0.15) is 13.2 Å². The van der Waals surface area contributed by atoms with Gasteiger partial charge in [0, 0.05) is 25.1 Å². The highest BCUT2D eigenvalue weighted by Gasteiger charge is 2.49. The Kier molecular flexibility index (Phi) is 4.64. The van der Waals surface area contributed by atoms with Crippen LogP contribution in [0.5, 0.6) is 5.75 Å². The van der Waals surface area contributed by atoms with Crippen molar-refractivity contribution in [1.82, 2.24) is 4.90 Å². The summed E-state index contributed by atoms with van der Waals surface area (Å²) in [4.78, 5) is 38.6. The van der Waals surface area contributed by atoms with Crippen molar-refractivity contribution in [3.63, 3.8) is 0 Å². The Morgan fingerprint density at radius 2 is 1.96 bits per heavy atom. The number of para-hydroxylation sites is 1. The SMILES string of the molecule is COc1cccc2c1N(C(=O)C1CCCN1C(=O)C(F)(F)F)CCC2=O. The average molecular weight is 370 g/mol. The van der Waals surface area contributed by atoms with Gasteiger partial charge in [0.05, 0.1) is 12.8 Å². The van der Waals surface area contributed by atoms with E-state index >= 15 is 0 Å². The molecule has 1 unspecified atom stereocenters. The second-order valence-corrected chi connectivity index (χ2v) is 6.17. The molecule has 2 amide bonds. The van der Waals surface area contributed by atoms with Crippen molar-refractivity contribution in [2.24, 2.45) is 0 Å². The maximum absolute atomic E-state index is 13.0. The van der Waals surface area contributed by atoms with E-state index in [1.165, 1.54) is 12.0 Å². The molecular weight excluding hydrogens is 353 g/mol. The number of alkyl halides is 3. The molecule has 2 aliphatic heterocycles. The number of hydrogen-bond donors (Lipinski definition) is 0. The van der Waals surface area contributed by atoms with Crippen LogP contribution in [0.2, 0.25) is 0 Å². The molecule has 2 aliphatic rings. The van der Waals surface area contributed by atoms with Gasteiger partial charge in [0.15, 0.2) is 5.78 Å². The smallest absolute Gasteiger partial charge is 0.471 e. The van der Waals surface area contributed by atoms with E-state index < -0.39 is 24.0 Å². The first-order valence-electron chi connectivity index (χ1n) is 8.15. The maximum Gasteiger partial charge on any atom is 0.471 e. The van der Waals surface area contributed by atoms with Crippen molar-refractivity contribution in [3.05, 3.63) is 23.8 Å². The molecule has 140 valence electrons. The zero-order chi connectivity index (χ0) is 19.1. The van der Waals surface area contributed by atoms with Crippen molar-refractivity contribution in [1.29, 1.82) is 0 Å². The summed E-state index contributed by atoms with van der Waals surface area (Å²) in [7, 11) is 1.38. The Bertz CT molecular complexity index is 763. The van der Waals surface area contributed by atoms with Crippen molar-refractivity contribution < 1.29 is 32.3 Å². The van der Waals surface area contributed by atoms with E-state index in [0.717, 1.165) is 0 Å². The predicted octanol–water partition coefficient (Wildman–Crippen LogP) is 2.17. The molecule has 0 spiro atoms. The van der Waals surface area contributed by atoms with Crippen molar-refractivity contribution in [2.45, 2.75) is 31.5 Å². The minimum absolute atomic E-state index is 0.0373. The second-order valence-electron chi connectivity index (χ2n) is 6.17. The third-order valence-electron chi connectivity index (χ3n) is 4.66. The molecule has 0 bridgehead atoms. The Hall–Kier alpha value is -2.58. The number of methoxy groups -OCH3 is 1. The van der Waals surface area contributed by atoms with Crippen LogP contribution in [0.15, 0.2) is 18.2 Å². The van der Waals surface area contributed by atoms with Gasteiger partial charge in [0.2, 0.25) is 5.91 Å². The first kappa shape index (κ1) is 18.2. The number of Topliss-reactive ketones (excluding diaryl/α,β-unsaturated/α-hetero) is 1. The summed E-state index contributed by atoms with van der Waals surface area (Å²) in [6.45, 7) is -0.0874. The summed E-state index contributed by atoms with van der Waals surface area (Å²) in [5, 5.41) is 0. The highest BCUT2D eigenvalue weighted by Crippen LogP contribution is 2.38. The number of nitrogens with zero attached hydrogens (tertiary/aromatic N) is 2. The zero-order valence-corrected chi connectivity index (χ0v) is 14.0. The van der Waals surface area contributed by atoms with Crippen LogP contribution < -0.4 is 9.64 Å². The molecule has 1 fully saturated rings. The molecule has 0 radical (unpaired) electrons. The van der Waals surface area contributed by atoms with Gasteiger partial charge in [-0.05, 0) is 25.0 Å². The number of fused-ring (bicyclic) bond motifs is 1. The van der Waals surface area contributed by atoms with E-state index in [2.05, 4.69) is 0 Å². The van der Waals surface area contributed by atoms with Gasteiger partial charge in [0.1, 0.15) is 11.8 Å². The summed E-state index contributed by atoms with van der Waals surface area (Å²) in [5.41, 5.74) is 0.540. The monoisotopic (exact) mass is 370 g/mol. The Morgan fingerprint density at radius 3 is 2.62 bits per heavy atom. The number of ether oxygens (including phenoxy) is 1. The van der Waals surface area contributed by atoms with Crippen LogP contribution in [0.4, 0.5) is 18.9 Å². The van der Waals surface area contributed by atoms with Crippen LogP contribution in [-0.4, -0.2) is 54.9 Å². The fourth-order valence-corrected chi connectivity index (χ4v) is 3.48. The molecule has 0 aromatic heterocycles. The summed E-state index contributed by atoms with van der Waals surface area (Å²) >= 11 is 0. The molecule has 1 aromatic carbocycles. The molecule has 0 saturated carbocycles. The van der Waals surface area contributed by atoms with Crippen LogP contribution in [0.1, 0.15) is 29.6 Å². The van der Waals surface area contributed by atoms with Crippen LogP contribution in [0.3, 0.4) is 0 Å². The summed E-state index contributed by atoms with van der Waals surface area (Å²) in [6, 6.07) is 3.53. The summed E-state index contributed by atoms with van der Waals surface area (Å²) in [5.74, 6) is -2.52. The molecule has 2 heterocycles. The number of carbonyl (C=O) groups excluding carboxylic acids is 3. The highest BCUT2D eigenvalue weighted by atomic mass is 19.4. The number of amides is 2. The Labute approximate surface area is 147 Å². The normalized spacial score (nSPS) is 20.2. The van der Waals surface area contributed by atoms with E-state index in [4.69, 9.17) is 4.74 Å². The third-order valence-corrected chi connectivity index (χ3v) is 4.66. The molecular formula is C17H17F3N2O4. The molecule has 1 atom stereocenters. The van der Waals surface area contributed by atoms with E-state index in [-0.39, 0.29) is 48.7 Å². The minimum Gasteiger partial charge on any atom is -0.495 e. The maximum atomic E-state index is 13.0. The molecule has 1 saturated heterocycles. The molecule has 6 nitrogen and oxygen atoms in total. The lowest BCUT2D eigenvalue weighted by Gasteiger charge is -2.34. The quantitative estimate of drug-likeness (QED) is 0.800. The van der Waals surface area contributed by atoms with Gasteiger partial charge in [-0.3, -0.25) is 14.4 Å². The average Bonchev–Trinajstić information content (AvgIpc) is 3.09. The lowest BCUT2D eigenvalue weighted by atomic mass is 9.98. The molecule has 0 aliphatic carbocycles. The van der Waals surface area contributed by atoms with Crippen molar-refractivity contribution in [3.8, 4) is 5.75 Å². The molecule has 9 heteroatoms. The number of benzene rings is 1. The number of halogens is 3. The number of likely N-dealkylation sites (tertiary alicyclic amines) is 1. The first-order chi connectivity index (χ1) is 12.3. The van der Waals surface area contributed by atoms with E-state index in [1.807, 2.05) is 0 Å². The van der Waals surface area contributed by atoms with E-state index in [1.54, 1.807) is 18.2 Å². The number of carbonyl (C=O) groups is 3. The van der Waals surface area contributed by atoms with Gasteiger partial charge in [-0.25, -0.2) is 0 Å². The topological polar surface area (TPSA) is 66.9 Å². The van der Waals surface area contributed by atoms with Gasteiger partial charge in [-0.1, -0.05) is 6.07 Å². The number of rotatable bonds is 2. The van der Waals surface area contributed by atoms with Crippen LogP contribution in [-0.2, 0) is 9.59 Å². The number of hydrogen-bond acceptors (Lipinski definition) is 4. The first-order valence-corrected chi connectivity index (χ1v) is 8.15. The van der Waals surface area contributed by atoms with Gasteiger partial charge in [0.25, 0.3) is 0 Å². The fraction of sp³-hybridized carbons (Fsp3) is 0.471. The second kappa shape index (κ2) is 6.62. The number of anilines is 1. The fourth-order valence-electron chi connectivity index (χ4n) is 3.48. The van der Waals surface area contributed by atoms with Crippen molar-refractivity contribution >= 4 is 23.3 Å². The molecule has 0 N–H and O–H groups in total. The van der Waals surface area contributed by atoms with Gasteiger partial charge < -0.3 is 14.5 Å². The highest BCUT2D eigenvalue weighted by molar-refractivity contribution is 6.11. The van der Waals surface area contributed by atoms with E-state index in [0.29, 0.717) is 11.3 Å². The zero-order valence-electron chi connectivity index (χ0n) is 14.0. The lowest BCUT2D eigenvalue weighted by molar-refractivity contribution is -0.186. The molecule has 3 rings (SSSR count). The largest absolute Gasteiger partial charge is 0.495 e. The standard InChI is InChI=1S/C17H17F3N2O4/c1-26-13-6-2-4-10-12(23)7-9-22(14(10)13)15(24)11-5-3-8-21(11)16(25)17(18,19)20/h2,4,6,11H,3,5,7-9H2,1H3. The Morgan fingerprint density at radius 1 is 1.23 bits per heavy atom. The predicted molar refractivity (Wildman–Crippen MR) is 85.1 cm³/mol. The third kappa shape index (κ3) is 3.02.